The third-order valence-corrected chi connectivity index (χ3v) is 5.90. The molecule has 0 aliphatic carbocycles. The molecular formula is C25H38N4O3S. The topological polar surface area (TPSA) is 85.2 Å². The highest BCUT2D eigenvalue weighted by Gasteiger charge is 2.22. The lowest BCUT2D eigenvalue weighted by Crippen LogP contribution is -2.34. The molecule has 0 fully saturated rings. The number of nitrogens with zero attached hydrogens (tertiary/aromatic N) is 2. The third kappa shape index (κ3) is 8.11. The average Bonchev–Trinajstić information content (AvgIpc) is 3.02. The van der Waals surface area contributed by atoms with E-state index in [9.17, 15) is 9.59 Å². The molecule has 2 rings (SSSR count). The van der Waals surface area contributed by atoms with E-state index in [-0.39, 0.29) is 5.91 Å². The zero-order valence-electron chi connectivity index (χ0n) is 21.2. The van der Waals surface area contributed by atoms with Crippen LogP contribution in [0.25, 0.3) is 0 Å². The van der Waals surface area contributed by atoms with Gasteiger partial charge in [0.25, 0.3) is 0 Å². The number of rotatable bonds is 8. The second-order valence-electron chi connectivity index (χ2n) is 9.92. The Labute approximate surface area is 202 Å². The highest BCUT2D eigenvalue weighted by molar-refractivity contribution is 7.99. The molecule has 1 aromatic carbocycles. The fourth-order valence-corrected chi connectivity index (χ4v) is 4.30. The van der Waals surface area contributed by atoms with E-state index in [0.717, 1.165) is 39.7 Å². The van der Waals surface area contributed by atoms with Crippen LogP contribution in [0.4, 0.5) is 10.5 Å². The molecule has 8 heteroatoms. The molecule has 0 aliphatic rings. The molecule has 0 atom stereocenters. The number of hydrogen-bond acceptors (Lipinski definition) is 5. The molecule has 2 amide bonds. The standard InChI is InChI=1S/C25H38N4O3S/c1-9-19-21(33-18-13-11-12-17(16-18)27-22(30)24(3,4)5)20(10-2)29(28-19)15-14-26-23(31)32-25(6,7)8/h11-13,16H,9-10,14-15H2,1-8H3,(H,26,31)(H,27,30). The maximum atomic E-state index is 12.4. The Morgan fingerprint density at radius 1 is 1.09 bits per heavy atom. The van der Waals surface area contributed by atoms with Crippen LogP contribution >= 0.6 is 11.8 Å². The smallest absolute Gasteiger partial charge is 0.407 e. The minimum absolute atomic E-state index is 0.0153. The molecular weight excluding hydrogens is 436 g/mol. The summed E-state index contributed by atoms with van der Waals surface area (Å²) < 4.78 is 7.28. The average molecular weight is 475 g/mol. The first-order valence-corrected chi connectivity index (χ1v) is 12.3. The van der Waals surface area contributed by atoms with Gasteiger partial charge in [-0.3, -0.25) is 9.48 Å². The molecule has 33 heavy (non-hydrogen) atoms. The van der Waals surface area contributed by atoms with Crippen LogP contribution in [-0.4, -0.2) is 33.9 Å². The second kappa shape index (κ2) is 11.1. The first-order valence-electron chi connectivity index (χ1n) is 11.5. The number of ether oxygens (including phenoxy) is 1. The van der Waals surface area contributed by atoms with Crippen molar-refractivity contribution in [3.8, 4) is 0 Å². The molecule has 0 aliphatic heterocycles. The normalized spacial score (nSPS) is 11.9. The van der Waals surface area contributed by atoms with Crippen molar-refractivity contribution >= 4 is 29.4 Å². The number of aromatic nitrogens is 2. The molecule has 0 unspecified atom stereocenters. The minimum atomic E-state index is -0.523. The molecule has 0 spiro atoms. The van der Waals surface area contributed by atoms with E-state index in [4.69, 9.17) is 9.84 Å². The molecule has 0 bridgehead atoms. The van der Waals surface area contributed by atoms with Gasteiger partial charge in [0.2, 0.25) is 5.91 Å². The summed E-state index contributed by atoms with van der Waals surface area (Å²) in [6, 6.07) is 7.89. The first-order chi connectivity index (χ1) is 15.3. The minimum Gasteiger partial charge on any atom is -0.444 e. The molecule has 1 heterocycles. The monoisotopic (exact) mass is 474 g/mol. The van der Waals surface area contributed by atoms with Gasteiger partial charge in [-0.1, -0.05) is 52.4 Å². The van der Waals surface area contributed by atoms with E-state index >= 15 is 0 Å². The summed E-state index contributed by atoms with van der Waals surface area (Å²) in [5, 5.41) is 10.6. The predicted octanol–water partition coefficient (Wildman–Crippen LogP) is 5.67. The Bertz CT molecular complexity index is 971. The summed E-state index contributed by atoms with van der Waals surface area (Å²) >= 11 is 1.66. The van der Waals surface area contributed by atoms with Crippen LogP contribution in [0.1, 0.15) is 66.8 Å². The van der Waals surface area contributed by atoms with Gasteiger partial charge in [-0.05, 0) is 51.8 Å². The van der Waals surface area contributed by atoms with Gasteiger partial charge in [0.15, 0.2) is 0 Å². The Balaban J connectivity index is 2.16. The number of carbonyl (C=O) groups excluding carboxylic acids is 2. The number of aryl methyl sites for hydroxylation is 1. The second-order valence-corrected chi connectivity index (χ2v) is 11.0. The van der Waals surface area contributed by atoms with Crippen molar-refractivity contribution in [1.29, 1.82) is 0 Å². The van der Waals surface area contributed by atoms with Crippen LogP contribution in [-0.2, 0) is 28.9 Å². The van der Waals surface area contributed by atoms with Gasteiger partial charge in [-0.2, -0.15) is 5.10 Å². The number of anilines is 1. The van der Waals surface area contributed by atoms with E-state index < -0.39 is 17.1 Å². The van der Waals surface area contributed by atoms with Gasteiger partial charge in [0.1, 0.15) is 5.60 Å². The van der Waals surface area contributed by atoms with Gasteiger partial charge < -0.3 is 15.4 Å². The van der Waals surface area contributed by atoms with Crippen LogP contribution in [0, 0.1) is 5.41 Å². The number of carbonyl (C=O) groups is 2. The highest BCUT2D eigenvalue weighted by Crippen LogP contribution is 2.35. The predicted molar refractivity (Wildman–Crippen MR) is 134 cm³/mol. The largest absolute Gasteiger partial charge is 0.444 e. The van der Waals surface area contributed by atoms with Crippen molar-refractivity contribution in [3.63, 3.8) is 0 Å². The molecule has 2 N–H and O–H groups in total. The summed E-state index contributed by atoms with van der Waals surface area (Å²) in [4.78, 5) is 26.5. The van der Waals surface area contributed by atoms with Crippen molar-refractivity contribution in [1.82, 2.24) is 15.1 Å². The number of nitrogens with one attached hydrogen (secondary N) is 2. The van der Waals surface area contributed by atoms with Crippen LogP contribution in [0.15, 0.2) is 34.1 Å². The van der Waals surface area contributed by atoms with Crippen LogP contribution in [0.2, 0.25) is 0 Å². The van der Waals surface area contributed by atoms with Crippen molar-refractivity contribution in [2.45, 2.75) is 90.2 Å². The van der Waals surface area contributed by atoms with Crippen LogP contribution in [0.5, 0.6) is 0 Å². The number of benzene rings is 1. The Morgan fingerprint density at radius 3 is 2.36 bits per heavy atom. The molecule has 7 nitrogen and oxygen atoms in total. The summed E-state index contributed by atoms with van der Waals surface area (Å²) in [5.74, 6) is -0.0153. The zero-order valence-corrected chi connectivity index (χ0v) is 22.0. The van der Waals surface area contributed by atoms with E-state index in [1.54, 1.807) is 11.8 Å². The van der Waals surface area contributed by atoms with Gasteiger partial charge in [0, 0.05) is 22.5 Å². The van der Waals surface area contributed by atoms with Crippen molar-refractivity contribution in [2.75, 3.05) is 11.9 Å². The molecule has 0 radical (unpaired) electrons. The molecule has 182 valence electrons. The van der Waals surface area contributed by atoms with Gasteiger partial charge in [-0.15, -0.1) is 0 Å². The van der Waals surface area contributed by atoms with Crippen LogP contribution in [0.3, 0.4) is 0 Å². The van der Waals surface area contributed by atoms with Crippen molar-refractivity contribution in [2.24, 2.45) is 5.41 Å². The Hall–Kier alpha value is -2.48. The molecule has 1 aromatic heterocycles. The van der Waals surface area contributed by atoms with E-state index in [1.807, 2.05) is 70.5 Å². The van der Waals surface area contributed by atoms with E-state index in [2.05, 4.69) is 24.5 Å². The lowest BCUT2D eigenvalue weighted by molar-refractivity contribution is -0.123. The summed E-state index contributed by atoms with van der Waals surface area (Å²) in [6.07, 6.45) is 1.21. The lowest BCUT2D eigenvalue weighted by Gasteiger charge is -2.19. The van der Waals surface area contributed by atoms with Crippen molar-refractivity contribution < 1.29 is 14.3 Å². The van der Waals surface area contributed by atoms with Gasteiger partial charge >= 0.3 is 6.09 Å². The number of hydrogen-bond donors (Lipinski definition) is 2. The molecule has 0 saturated carbocycles. The SMILES string of the molecule is CCc1nn(CCNC(=O)OC(C)(C)C)c(CC)c1Sc1cccc(NC(=O)C(C)(C)C)c1. The first kappa shape index (κ1) is 26.8. The quantitative estimate of drug-likeness (QED) is 0.515. The fourth-order valence-electron chi connectivity index (χ4n) is 3.06. The summed E-state index contributed by atoms with van der Waals surface area (Å²) in [7, 11) is 0. The zero-order chi connectivity index (χ0) is 24.8. The fraction of sp³-hybridized carbons (Fsp3) is 0.560. The number of alkyl carbamates (subject to hydrolysis) is 1. The Kier molecular flexibility index (Phi) is 9.00. The van der Waals surface area contributed by atoms with Crippen LogP contribution < -0.4 is 10.6 Å². The van der Waals surface area contributed by atoms with Crippen molar-refractivity contribution in [3.05, 3.63) is 35.7 Å². The lowest BCUT2D eigenvalue weighted by atomic mass is 9.95. The summed E-state index contributed by atoms with van der Waals surface area (Å²) in [6.45, 7) is 16.4. The Morgan fingerprint density at radius 2 is 1.79 bits per heavy atom. The van der Waals surface area contributed by atoms with E-state index in [0.29, 0.717) is 13.1 Å². The maximum Gasteiger partial charge on any atom is 0.407 e. The molecule has 2 aromatic rings. The van der Waals surface area contributed by atoms with Gasteiger partial charge in [-0.25, -0.2) is 4.79 Å². The summed E-state index contributed by atoms with van der Waals surface area (Å²) in [5.41, 5.74) is 1.96. The van der Waals surface area contributed by atoms with Gasteiger partial charge in [0.05, 0.1) is 22.8 Å². The third-order valence-electron chi connectivity index (χ3n) is 4.73. The molecule has 0 saturated heterocycles. The number of amides is 2. The maximum absolute atomic E-state index is 12.4. The highest BCUT2D eigenvalue weighted by atomic mass is 32.2. The van der Waals surface area contributed by atoms with E-state index in [1.165, 1.54) is 0 Å².